The van der Waals surface area contributed by atoms with Gasteiger partial charge >= 0.3 is 0 Å². The van der Waals surface area contributed by atoms with Crippen LogP contribution in [0, 0.1) is 0 Å². The maximum Gasteiger partial charge on any atom is 0.269 e. The molecule has 5 nitrogen and oxygen atoms in total. The Balaban J connectivity index is 2.22. The number of carbonyl (C=O) groups is 1. The van der Waals surface area contributed by atoms with Gasteiger partial charge in [-0.15, -0.1) is 0 Å². The lowest BCUT2D eigenvalue weighted by Gasteiger charge is -2.05. The quantitative estimate of drug-likeness (QED) is 0.203. The Bertz CT molecular complexity index is 654. The molecule has 3 N–H and O–H groups in total. The van der Waals surface area contributed by atoms with Gasteiger partial charge in [-0.25, -0.2) is 0 Å². The number of aromatic amines is 1. The number of aromatic nitrogens is 1. The van der Waals surface area contributed by atoms with E-state index in [1.807, 2.05) is 32.2 Å². The number of hydrogen-bond donors (Lipinski definition) is 4. The van der Waals surface area contributed by atoms with Gasteiger partial charge in [0.05, 0.1) is 0 Å². The van der Waals surface area contributed by atoms with Crippen LogP contribution < -0.4 is 10.8 Å². The number of fused-ring (bicyclic) bond motifs is 1. The highest BCUT2D eigenvalue weighted by Crippen LogP contribution is 2.17. The molecule has 1 heterocycles. The molecule has 0 aliphatic heterocycles. The maximum atomic E-state index is 11.8. The summed E-state index contributed by atoms with van der Waals surface area (Å²) in [7, 11) is 2.02. The van der Waals surface area contributed by atoms with Gasteiger partial charge in [-0.2, -0.15) is 12.6 Å². The van der Waals surface area contributed by atoms with E-state index >= 15 is 0 Å². The first-order valence-corrected chi connectivity index (χ1v) is 6.96. The van der Waals surface area contributed by atoms with E-state index in [0.717, 1.165) is 21.9 Å². The number of H-pyrrole nitrogens is 1. The Morgan fingerprint density at radius 1 is 1.50 bits per heavy atom. The lowest BCUT2D eigenvalue weighted by molar-refractivity contribution is -0.114. The maximum absolute atomic E-state index is 11.8. The second kappa shape index (κ2) is 6.52. The zero-order valence-corrected chi connectivity index (χ0v) is 12.1. The summed E-state index contributed by atoms with van der Waals surface area (Å²) in [6.07, 6.45) is 2.12. The van der Waals surface area contributed by atoms with Crippen molar-refractivity contribution in [2.24, 2.45) is 5.16 Å². The van der Waals surface area contributed by atoms with E-state index in [-0.39, 0.29) is 18.0 Å². The molecule has 0 saturated heterocycles. The molecule has 0 saturated carbocycles. The standard InChI is InChI=1S/C13H16BN3O2S/c14-10-3-1-2-9-8(7-16-12(9)10)6-11(17-19)13(18)15-4-5-20/h1-3,7,16,19-20H,4-6,14H2,(H,15,18)/b17-11+. The van der Waals surface area contributed by atoms with Crippen molar-refractivity contribution in [3.63, 3.8) is 0 Å². The molecule has 7 heteroatoms. The van der Waals surface area contributed by atoms with E-state index in [1.54, 1.807) is 0 Å². The van der Waals surface area contributed by atoms with Crippen LogP contribution in [0.25, 0.3) is 10.9 Å². The first-order valence-electron chi connectivity index (χ1n) is 6.33. The number of carbonyl (C=O) groups excluding carboxylic acids is 1. The number of oxime groups is 1. The van der Waals surface area contributed by atoms with Crippen molar-refractivity contribution >= 4 is 48.5 Å². The molecule has 1 aromatic carbocycles. The van der Waals surface area contributed by atoms with Crippen LogP contribution in [0.5, 0.6) is 0 Å². The van der Waals surface area contributed by atoms with Crippen molar-refractivity contribution in [1.29, 1.82) is 0 Å². The third-order valence-electron chi connectivity index (χ3n) is 3.15. The van der Waals surface area contributed by atoms with E-state index in [9.17, 15) is 4.79 Å². The average Bonchev–Trinajstić information content (AvgIpc) is 2.86. The van der Waals surface area contributed by atoms with Gasteiger partial charge < -0.3 is 15.5 Å². The second-order valence-electron chi connectivity index (χ2n) is 4.51. The number of amides is 1. The molecule has 0 radical (unpaired) electrons. The number of thiol groups is 1. The minimum atomic E-state index is -0.372. The Kier molecular flexibility index (Phi) is 4.73. The molecule has 1 amide bonds. The average molecular weight is 289 g/mol. The van der Waals surface area contributed by atoms with E-state index in [4.69, 9.17) is 5.21 Å². The van der Waals surface area contributed by atoms with Gasteiger partial charge in [0.2, 0.25) is 0 Å². The molecule has 0 fully saturated rings. The highest BCUT2D eigenvalue weighted by Gasteiger charge is 2.15. The molecule has 0 spiro atoms. The van der Waals surface area contributed by atoms with Crippen LogP contribution in [0.4, 0.5) is 0 Å². The molecule has 2 aromatic rings. The SMILES string of the molecule is Bc1cccc2c(C/C(=N\O)C(=O)NCCS)c[nH]c12. The lowest BCUT2D eigenvalue weighted by atomic mass is 9.93. The fraction of sp³-hybridized carbons (Fsp3) is 0.231. The van der Waals surface area contributed by atoms with Gasteiger partial charge in [-0.1, -0.05) is 28.8 Å². The minimum Gasteiger partial charge on any atom is -0.410 e. The summed E-state index contributed by atoms with van der Waals surface area (Å²) in [6, 6.07) is 5.96. The van der Waals surface area contributed by atoms with Crippen molar-refractivity contribution in [2.45, 2.75) is 6.42 Å². The minimum absolute atomic E-state index is 0.0918. The molecule has 0 aliphatic rings. The fourth-order valence-electron chi connectivity index (χ4n) is 2.12. The van der Waals surface area contributed by atoms with Crippen LogP contribution in [0.3, 0.4) is 0 Å². The molecule has 20 heavy (non-hydrogen) atoms. The van der Waals surface area contributed by atoms with E-state index in [2.05, 4.69) is 28.1 Å². The molecule has 0 atom stereocenters. The van der Waals surface area contributed by atoms with Crippen LogP contribution in [0.2, 0.25) is 0 Å². The van der Waals surface area contributed by atoms with E-state index in [0.29, 0.717) is 12.3 Å². The molecule has 0 unspecified atom stereocenters. The van der Waals surface area contributed by atoms with Gasteiger partial charge in [-0.05, 0) is 5.56 Å². The molecule has 2 rings (SSSR count). The summed E-state index contributed by atoms with van der Waals surface area (Å²) in [6.45, 7) is 0.438. The number of para-hydroxylation sites is 1. The summed E-state index contributed by atoms with van der Waals surface area (Å²) >= 11 is 4.02. The molecule has 0 bridgehead atoms. The van der Waals surface area contributed by atoms with Crippen LogP contribution in [0.15, 0.2) is 29.6 Å². The molecule has 1 aromatic heterocycles. The Hall–Kier alpha value is -1.89. The number of nitrogens with zero attached hydrogens (tertiary/aromatic N) is 1. The predicted molar refractivity (Wildman–Crippen MR) is 86.3 cm³/mol. The van der Waals surface area contributed by atoms with Crippen LogP contribution in [-0.4, -0.2) is 42.0 Å². The zero-order chi connectivity index (χ0) is 14.5. The lowest BCUT2D eigenvalue weighted by Crippen LogP contribution is -2.33. The van der Waals surface area contributed by atoms with Crippen molar-refractivity contribution in [2.75, 3.05) is 12.3 Å². The van der Waals surface area contributed by atoms with Gasteiger partial charge in [0.15, 0.2) is 0 Å². The number of rotatable bonds is 5. The topological polar surface area (TPSA) is 77.5 Å². The van der Waals surface area contributed by atoms with Crippen LogP contribution in [-0.2, 0) is 11.2 Å². The molecule has 104 valence electrons. The van der Waals surface area contributed by atoms with Gasteiger partial charge in [0.25, 0.3) is 5.91 Å². The first-order chi connectivity index (χ1) is 9.67. The number of nitrogens with one attached hydrogen (secondary N) is 2. The fourth-order valence-corrected chi connectivity index (χ4v) is 2.23. The zero-order valence-electron chi connectivity index (χ0n) is 11.2. The Labute approximate surface area is 123 Å². The van der Waals surface area contributed by atoms with Crippen molar-refractivity contribution < 1.29 is 10.0 Å². The molecular weight excluding hydrogens is 273 g/mol. The number of hydrogen-bond acceptors (Lipinski definition) is 4. The van der Waals surface area contributed by atoms with E-state index in [1.165, 1.54) is 0 Å². The Morgan fingerprint density at radius 3 is 3.00 bits per heavy atom. The second-order valence-corrected chi connectivity index (χ2v) is 4.96. The van der Waals surface area contributed by atoms with Gasteiger partial charge in [0.1, 0.15) is 13.6 Å². The van der Waals surface area contributed by atoms with Gasteiger partial charge in [-0.3, -0.25) is 4.79 Å². The van der Waals surface area contributed by atoms with Crippen molar-refractivity contribution in [1.82, 2.24) is 10.3 Å². The summed E-state index contributed by atoms with van der Waals surface area (Å²) in [4.78, 5) is 15.0. The van der Waals surface area contributed by atoms with Crippen LogP contribution >= 0.6 is 12.6 Å². The molecular formula is C13H16BN3O2S. The summed E-state index contributed by atoms with van der Waals surface area (Å²) in [5.74, 6) is 0.167. The summed E-state index contributed by atoms with van der Waals surface area (Å²) in [5, 5.41) is 15.8. The highest BCUT2D eigenvalue weighted by atomic mass is 32.1. The first kappa shape index (κ1) is 14.5. The van der Waals surface area contributed by atoms with Crippen molar-refractivity contribution in [3.05, 3.63) is 30.0 Å². The normalized spacial score (nSPS) is 11.8. The smallest absolute Gasteiger partial charge is 0.269 e. The number of benzene rings is 1. The molecule has 0 aliphatic carbocycles. The largest absolute Gasteiger partial charge is 0.410 e. The van der Waals surface area contributed by atoms with Crippen molar-refractivity contribution in [3.8, 4) is 0 Å². The Morgan fingerprint density at radius 2 is 2.30 bits per heavy atom. The third-order valence-corrected chi connectivity index (χ3v) is 3.37. The predicted octanol–water partition coefficient (Wildman–Crippen LogP) is -0.155. The van der Waals surface area contributed by atoms with Crippen LogP contribution in [0.1, 0.15) is 5.56 Å². The summed E-state index contributed by atoms with van der Waals surface area (Å²) < 4.78 is 0. The van der Waals surface area contributed by atoms with E-state index < -0.39 is 0 Å². The third kappa shape index (κ3) is 2.99. The van der Waals surface area contributed by atoms with Gasteiger partial charge in [0, 0.05) is 35.8 Å². The highest BCUT2D eigenvalue weighted by molar-refractivity contribution is 7.80. The monoisotopic (exact) mass is 289 g/mol. The summed E-state index contributed by atoms with van der Waals surface area (Å²) in [5.41, 5.74) is 3.19.